The number of hydrogen-bond donors (Lipinski definition) is 2. The number of rotatable bonds is 4. The Morgan fingerprint density at radius 1 is 1.30 bits per heavy atom. The highest BCUT2D eigenvalue weighted by molar-refractivity contribution is 5.67. The highest BCUT2D eigenvalue weighted by atomic mass is 16.6. The van der Waals surface area contributed by atoms with Crippen molar-refractivity contribution in [1.29, 1.82) is 0 Å². The SMILES string of the molecule is CC(C)(C)OC(=O)NCC(C)(CN)c1ccc2c(c1)CCOC2. The molecule has 0 radical (unpaired) electrons. The second-order valence-electron chi connectivity index (χ2n) is 7.41. The Hall–Kier alpha value is -1.59. The quantitative estimate of drug-likeness (QED) is 0.894. The lowest BCUT2D eigenvalue weighted by molar-refractivity contribution is 0.0516. The molecule has 1 aliphatic rings. The predicted molar refractivity (Wildman–Crippen MR) is 90.4 cm³/mol. The van der Waals surface area contributed by atoms with Crippen molar-refractivity contribution in [3.05, 3.63) is 34.9 Å². The van der Waals surface area contributed by atoms with Gasteiger partial charge in [-0.3, -0.25) is 0 Å². The lowest BCUT2D eigenvalue weighted by Crippen LogP contribution is -2.45. The van der Waals surface area contributed by atoms with Gasteiger partial charge in [-0.25, -0.2) is 4.79 Å². The van der Waals surface area contributed by atoms with Crippen molar-refractivity contribution in [3.8, 4) is 0 Å². The molecule has 0 saturated carbocycles. The van der Waals surface area contributed by atoms with E-state index in [0.29, 0.717) is 19.7 Å². The minimum absolute atomic E-state index is 0.329. The van der Waals surface area contributed by atoms with Crippen LogP contribution in [0.1, 0.15) is 44.4 Å². The van der Waals surface area contributed by atoms with Crippen LogP contribution in [0.4, 0.5) is 4.79 Å². The molecule has 5 heteroatoms. The third kappa shape index (κ3) is 4.69. The van der Waals surface area contributed by atoms with Crippen LogP contribution in [0.15, 0.2) is 18.2 Å². The summed E-state index contributed by atoms with van der Waals surface area (Å²) in [5, 5.41) is 2.84. The topological polar surface area (TPSA) is 73.6 Å². The van der Waals surface area contributed by atoms with E-state index in [4.69, 9.17) is 15.2 Å². The molecule has 0 aromatic heterocycles. The van der Waals surface area contributed by atoms with Gasteiger partial charge in [-0.15, -0.1) is 0 Å². The van der Waals surface area contributed by atoms with Crippen LogP contribution in [-0.2, 0) is 27.9 Å². The number of nitrogens with one attached hydrogen (secondary N) is 1. The van der Waals surface area contributed by atoms with E-state index < -0.39 is 11.7 Å². The zero-order chi connectivity index (χ0) is 17.1. The molecular formula is C18H28N2O3. The number of hydrogen-bond acceptors (Lipinski definition) is 4. The number of benzene rings is 1. The molecule has 3 N–H and O–H groups in total. The second kappa shape index (κ2) is 6.89. The third-order valence-corrected chi connectivity index (χ3v) is 4.15. The molecule has 0 aliphatic carbocycles. The summed E-state index contributed by atoms with van der Waals surface area (Å²) in [6.07, 6.45) is 0.507. The molecule has 0 saturated heterocycles. The molecular weight excluding hydrogens is 292 g/mol. The van der Waals surface area contributed by atoms with E-state index in [1.165, 1.54) is 11.1 Å². The first-order valence-electron chi connectivity index (χ1n) is 8.10. The van der Waals surface area contributed by atoms with Gasteiger partial charge in [0.15, 0.2) is 0 Å². The lowest BCUT2D eigenvalue weighted by Gasteiger charge is -2.31. The van der Waals surface area contributed by atoms with Crippen LogP contribution in [0.2, 0.25) is 0 Å². The Kier molecular flexibility index (Phi) is 5.32. The average Bonchev–Trinajstić information content (AvgIpc) is 2.50. The normalized spacial score (nSPS) is 17.1. The third-order valence-electron chi connectivity index (χ3n) is 4.15. The van der Waals surface area contributed by atoms with Gasteiger partial charge in [0.25, 0.3) is 0 Å². The van der Waals surface area contributed by atoms with E-state index in [1.54, 1.807) is 0 Å². The fourth-order valence-electron chi connectivity index (χ4n) is 2.61. The maximum atomic E-state index is 11.9. The van der Waals surface area contributed by atoms with Gasteiger partial charge in [0, 0.05) is 18.5 Å². The van der Waals surface area contributed by atoms with Crippen molar-refractivity contribution in [2.45, 2.75) is 51.7 Å². The van der Waals surface area contributed by atoms with Crippen molar-refractivity contribution < 1.29 is 14.3 Å². The fourth-order valence-corrected chi connectivity index (χ4v) is 2.61. The Morgan fingerprint density at radius 2 is 2.04 bits per heavy atom. The predicted octanol–water partition coefficient (Wildman–Crippen LogP) is 2.50. The summed E-state index contributed by atoms with van der Waals surface area (Å²) in [4.78, 5) is 11.9. The van der Waals surface area contributed by atoms with Crippen LogP contribution in [0, 0.1) is 0 Å². The molecule has 1 aromatic rings. The van der Waals surface area contributed by atoms with E-state index in [1.807, 2.05) is 20.8 Å². The number of ether oxygens (including phenoxy) is 2. The monoisotopic (exact) mass is 320 g/mol. The van der Waals surface area contributed by atoms with Crippen molar-refractivity contribution in [2.75, 3.05) is 19.7 Å². The standard InChI is InChI=1S/C18H28N2O3/c1-17(2,3)23-16(21)20-12-18(4,11-19)15-6-5-14-10-22-8-7-13(14)9-15/h5-6,9H,7-8,10-12,19H2,1-4H3,(H,20,21). The smallest absolute Gasteiger partial charge is 0.407 e. The van der Waals surface area contributed by atoms with E-state index in [0.717, 1.165) is 18.6 Å². The van der Waals surface area contributed by atoms with E-state index in [9.17, 15) is 4.79 Å². The van der Waals surface area contributed by atoms with Crippen molar-refractivity contribution >= 4 is 6.09 Å². The summed E-state index contributed by atoms with van der Waals surface area (Å²) in [5.74, 6) is 0. The van der Waals surface area contributed by atoms with E-state index >= 15 is 0 Å². The number of nitrogens with two attached hydrogens (primary N) is 1. The molecule has 1 unspecified atom stereocenters. The minimum atomic E-state index is -0.505. The molecule has 2 rings (SSSR count). The summed E-state index contributed by atoms with van der Waals surface area (Å²) in [6.45, 7) is 9.91. The van der Waals surface area contributed by atoms with Gasteiger partial charge < -0.3 is 20.5 Å². The van der Waals surface area contributed by atoms with Gasteiger partial charge in [-0.05, 0) is 43.9 Å². The van der Waals surface area contributed by atoms with Crippen LogP contribution in [0.5, 0.6) is 0 Å². The molecule has 1 aliphatic heterocycles. The van der Waals surface area contributed by atoms with Gasteiger partial charge in [0.1, 0.15) is 5.60 Å². The van der Waals surface area contributed by atoms with Crippen LogP contribution in [0.3, 0.4) is 0 Å². The highest BCUT2D eigenvalue weighted by Gasteiger charge is 2.28. The van der Waals surface area contributed by atoms with Gasteiger partial charge >= 0.3 is 6.09 Å². The summed E-state index contributed by atoms with van der Waals surface area (Å²) in [6, 6.07) is 6.38. The van der Waals surface area contributed by atoms with Crippen LogP contribution in [0.25, 0.3) is 0 Å². The average molecular weight is 320 g/mol. The molecule has 5 nitrogen and oxygen atoms in total. The highest BCUT2D eigenvalue weighted by Crippen LogP contribution is 2.27. The lowest BCUT2D eigenvalue weighted by atomic mass is 9.80. The molecule has 1 amide bonds. The molecule has 1 aromatic carbocycles. The van der Waals surface area contributed by atoms with Gasteiger partial charge in [-0.1, -0.05) is 25.1 Å². The number of amides is 1. The molecule has 0 bridgehead atoms. The summed E-state index contributed by atoms with van der Waals surface area (Å²) >= 11 is 0. The molecule has 0 fully saturated rings. The van der Waals surface area contributed by atoms with Crippen molar-refractivity contribution in [3.63, 3.8) is 0 Å². The Morgan fingerprint density at radius 3 is 2.70 bits per heavy atom. The first kappa shape index (κ1) is 17.8. The zero-order valence-electron chi connectivity index (χ0n) is 14.6. The minimum Gasteiger partial charge on any atom is -0.444 e. The summed E-state index contributed by atoms with van der Waals surface area (Å²) < 4.78 is 10.8. The zero-order valence-corrected chi connectivity index (χ0v) is 14.6. The number of fused-ring (bicyclic) bond motifs is 1. The summed E-state index contributed by atoms with van der Waals surface area (Å²) in [5.41, 5.74) is 8.86. The van der Waals surface area contributed by atoms with Crippen LogP contribution >= 0.6 is 0 Å². The van der Waals surface area contributed by atoms with E-state index in [-0.39, 0.29) is 5.41 Å². The van der Waals surface area contributed by atoms with Crippen LogP contribution < -0.4 is 11.1 Å². The Bertz CT molecular complexity index is 566. The molecule has 23 heavy (non-hydrogen) atoms. The first-order valence-corrected chi connectivity index (χ1v) is 8.10. The van der Waals surface area contributed by atoms with Gasteiger partial charge in [0.2, 0.25) is 0 Å². The van der Waals surface area contributed by atoms with E-state index in [2.05, 4.69) is 30.4 Å². The number of carbonyl (C=O) groups excluding carboxylic acids is 1. The maximum Gasteiger partial charge on any atom is 0.407 e. The van der Waals surface area contributed by atoms with Crippen molar-refractivity contribution in [1.82, 2.24) is 5.32 Å². The number of alkyl carbamates (subject to hydrolysis) is 1. The van der Waals surface area contributed by atoms with Gasteiger partial charge in [-0.2, -0.15) is 0 Å². The van der Waals surface area contributed by atoms with Crippen LogP contribution in [-0.4, -0.2) is 31.4 Å². The van der Waals surface area contributed by atoms with Gasteiger partial charge in [0.05, 0.1) is 13.2 Å². The molecule has 128 valence electrons. The fraction of sp³-hybridized carbons (Fsp3) is 0.611. The first-order chi connectivity index (χ1) is 10.7. The van der Waals surface area contributed by atoms with Crippen molar-refractivity contribution in [2.24, 2.45) is 5.73 Å². The summed E-state index contributed by atoms with van der Waals surface area (Å²) in [7, 11) is 0. The number of carbonyl (C=O) groups is 1. The second-order valence-corrected chi connectivity index (χ2v) is 7.41. The largest absolute Gasteiger partial charge is 0.444 e. The Labute approximate surface area is 138 Å². The molecule has 0 spiro atoms. The molecule has 1 atom stereocenters. The Balaban J connectivity index is 2.09. The maximum absolute atomic E-state index is 11.9. The molecule has 1 heterocycles.